The van der Waals surface area contributed by atoms with Crippen molar-refractivity contribution in [3.63, 3.8) is 0 Å². The summed E-state index contributed by atoms with van der Waals surface area (Å²) >= 11 is 0. The maximum atomic E-state index is 5.99. The van der Waals surface area contributed by atoms with Gasteiger partial charge < -0.3 is 5.73 Å². The molecule has 0 bridgehead atoms. The number of rotatable bonds is 3. The zero-order chi connectivity index (χ0) is 10.0. The van der Waals surface area contributed by atoms with Crippen molar-refractivity contribution in [1.82, 2.24) is 9.78 Å². The molecule has 1 aromatic rings. The molecule has 74 valence electrons. The predicted molar refractivity (Wildman–Crippen MR) is 54.5 cm³/mol. The Morgan fingerprint density at radius 3 is 2.54 bits per heavy atom. The van der Waals surface area contributed by atoms with E-state index in [4.69, 9.17) is 5.73 Å². The van der Waals surface area contributed by atoms with E-state index in [0.717, 1.165) is 12.1 Å². The molecule has 1 rings (SSSR count). The molecule has 1 atom stereocenters. The first-order valence-electron chi connectivity index (χ1n) is 4.75. The van der Waals surface area contributed by atoms with E-state index < -0.39 is 0 Å². The zero-order valence-electron chi connectivity index (χ0n) is 8.91. The summed E-state index contributed by atoms with van der Waals surface area (Å²) in [7, 11) is 1.97. The number of hydrogen-bond acceptors (Lipinski definition) is 2. The SMILES string of the molecule is Cc1cc(CC(N)C(C)C)n(C)n1. The minimum Gasteiger partial charge on any atom is -0.327 e. The topological polar surface area (TPSA) is 43.8 Å². The number of hydrogen-bond donors (Lipinski definition) is 1. The third-order valence-electron chi connectivity index (χ3n) is 2.40. The van der Waals surface area contributed by atoms with Gasteiger partial charge in [0.15, 0.2) is 0 Å². The van der Waals surface area contributed by atoms with Gasteiger partial charge in [0.2, 0.25) is 0 Å². The van der Waals surface area contributed by atoms with E-state index >= 15 is 0 Å². The third-order valence-corrected chi connectivity index (χ3v) is 2.40. The second-order valence-electron chi connectivity index (χ2n) is 4.01. The molecule has 1 aromatic heterocycles. The van der Waals surface area contributed by atoms with Crippen LogP contribution in [0, 0.1) is 12.8 Å². The lowest BCUT2D eigenvalue weighted by atomic mass is 10.0. The molecule has 0 aliphatic heterocycles. The predicted octanol–water partition coefficient (Wildman–Crippen LogP) is 1.25. The van der Waals surface area contributed by atoms with Crippen molar-refractivity contribution in [1.29, 1.82) is 0 Å². The van der Waals surface area contributed by atoms with Crippen LogP contribution in [0.1, 0.15) is 25.2 Å². The van der Waals surface area contributed by atoms with Gasteiger partial charge in [0.25, 0.3) is 0 Å². The zero-order valence-corrected chi connectivity index (χ0v) is 8.91. The fraction of sp³-hybridized carbons (Fsp3) is 0.700. The van der Waals surface area contributed by atoms with Gasteiger partial charge in [-0.15, -0.1) is 0 Å². The van der Waals surface area contributed by atoms with Crippen molar-refractivity contribution in [3.05, 3.63) is 17.5 Å². The molecule has 0 spiro atoms. The molecule has 0 fully saturated rings. The van der Waals surface area contributed by atoms with Crippen LogP contribution in [0.25, 0.3) is 0 Å². The van der Waals surface area contributed by atoms with Crippen LogP contribution in [0.3, 0.4) is 0 Å². The maximum Gasteiger partial charge on any atom is 0.0596 e. The average Bonchev–Trinajstić information content (AvgIpc) is 2.30. The molecule has 1 unspecified atom stereocenters. The molecule has 0 aliphatic carbocycles. The molecular formula is C10H19N3. The van der Waals surface area contributed by atoms with Gasteiger partial charge in [-0.2, -0.15) is 5.10 Å². The standard InChI is InChI=1S/C10H19N3/c1-7(2)10(11)6-9-5-8(3)12-13(9)4/h5,7,10H,6,11H2,1-4H3. The van der Waals surface area contributed by atoms with Crippen molar-refractivity contribution in [2.75, 3.05) is 0 Å². The summed E-state index contributed by atoms with van der Waals surface area (Å²) in [5.74, 6) is 0.523. The molecule has 1 heterocycles. The van der Waals surface area contributed by atoms with Crippen molar-refractivity contribution < 1.29 is 0 Å². The Morgan fingerprint density at radius 2 is 2.15 bits per heavy atom. The molecule has 2 N–H and O–H groups in total. The lowest BCUT2D eigenvalue weighted by Gasteiger charge is -2.14. The largest absolute Gasteiger partial charge is 0.327 e. The van der Waals surface area contributed by atoms with Gasteiger partial charge >= 0.3 is 0 Å². The van der Waals surface area contributed by atoms with Gasteiger partial charge in [-0.25, -0.2) is 0 Å². The smallest absolute Gasteiger partial charge is 0.0596 e. The summed E-state index contributed by atoms with van der Waals surface area (Å²) in [6.07, 6.45) is 0.912. The van der Waals surface area contributed by atoms with Gasteiger partial charge in [0.1, 0.15) is 0 Å². The van der Waals surface area contributed by atoms with Crippen LogP contribution in [0.15, 0.2) is 6.07 Å². The second kappa shape index (κ2) is 3.92. The normalized spacial score (nSPS) is 13.7. The Balaban J connectivity index is 2.68. The van der Waals surface area contributed by atoms with Crippen LogP contribution >= 0.6 is 0 Å². The highest BCUT2D eigenvalue weighted by Crippen LogP contribution is 2.08. The summed E-state index contributed by atoms with van der Waals surface area (Å²) in [5, 5.41) is 4.28. The molecule has 0 aliphatic rings. The fourth-order valence-corrected chi connectivity index (χ4v) is 1.33. The summed E-state index contributed by atoms with van der Waals surface area (Å²) < 4.78 is 1.91. The van der Waals surface area contributed by atoms with E-state index in [2.05, 4.69) is 25.0 Å². The van der Waals surface area contributed by atoms with Crippen molar-refractivity contribution in [2.24, 2.45) is 18.7 Å². The molecular weight excluding hydrogens is 162 g/mol. The van der Waals surface area contributed by atoms with Crippen molar-refractivity contribution in [3.8, 4) is 0 Å². The molecule has 0 saturated heterocycles. The highest BCUT2D eigenvalue weighted by Gasteiger charge is 2.11. The number of aromatic nitrogens is 2. The van der Waals surface area contributed by atoms with Crippen molar-refractivity contribution in [2.45, 2.75) is 33.2 Å². The van der Waals surface area contributed by atoms with E-state index in [1.54, 1.807) is 0 Å². The molecule has 0 radical (unpaired) electrons. The Hall–Kier alpha value is -0.830. The average molecular weight is 181 g/mol. The first-order valence-corrected chi connectivity index (χ1v) is 4.75. The van der Waals surface area contributed by atoms with E-state index in [-0.39, 0.29) is 6.04 Å². The highest BCUT2D eigenvalue weighted by atomic mass is 15.3. The Kier molecular flexibility index (Phi) is 3.09. The van der Waals surface area contributed by atoms with Gasteiger partial charge in [0.05, 0.1) is 5.69 Å². The third kappa shape index (κ3) is 2.56. The first-order chi connectivity index (χ1) is 6.00. The van der Waals surface area contributed by atoms with Crippen LogP contribution in [-0.2, 0) is 13.5 Å². The van der Waals surface area contributed by atoms with Gasteiger partial charge in [-0.1, -0.05) is 13.8 Å². The van der Waals surface area contributed by atoms with Crippen LogP contribution in [0.5, 0.6) is 0 Å². The van der Waals surface area contributed by atoms with Gasteiger partial charge in [-0.05, 0) is 18.9 Å². The van der Waals surface area contributed by atoms with Crippen molar-refractivity contribution >= 4 is 0 Å². The van der Waals surface area contributed by atoms with Crippen LogP contribution in [0.2, 0.25) is 0 Å². The minimum atomic E-state index is 0.231. The lowest BCUT2D eigenvalue weighted by molar-refractivity contribution is 0.477. The summed E-state index contributed by atoms with van der Waals surface area (Å²) in [6, 6.07) is 2.33. The molecule has 0 saturated carbocycles. The number of aryl methyl sites for hydroxylation is 2. The van der Waals surface area contributed by atoms with Gasteiger partial charge in [-0.3, -0.25) is 4.68 Å². The molecule has 3 nitrogen and oxygen atoms in total. The summed E-state index contributed by atoms with van der Waals surface area (Å²) in [4.78, 5) is 0. The highest BCUT2D eigenvalue weighted by molar-refractivity contribution is 5.10. The summed E-state index contributed by atoms with van der Waals surface area (Å²) in [6.45, 7) is 6.30. The monoisotopic (exact) mass is 181 g/mol. The molecule has 3 heteroatoms. The Bertz CT molecular complexity index is 276. The van der Waals surface area contributed by atoms with Crippen LogP contribution in [-0.4, -0.2) is 15.8 Å². The molecule has 0 aromatic carbocycles. The second-order valence-corrected chi connectivity index (χ2v) is 4.01. The van der Waals surface area contributed by atoms with Gasteiger partial charge in [0, 0.05) is 25.2 Å². The summed E-state index contributed by atoms with van der Waals surface area (Å²) in [5.41, 5.74) is 8.27. The maximum absolute atomic E-state index is 5.99. The van der Waals surface area contributed by atoms with E-state index in [0.29, 0.717) is 5.92 Å². The number of nitrogens with zero attached hydrogens (tertiary/aromatic N) is 2. The number of nitrogens with two attached hydrogens (primary N) is 1. The van der Waals surface area contributed by atoms with Crippen LogP contribution in [0.4, 0.5) is 0 Å². The molecule has 13 heavy (non-hydrogen) atoms. The van der Waals surface area contributed by atoms with E-state index in [1.807, 2.05) is 18.7 Å². The molecule has 0 amide bonds. The quantitative estimate of drug-likeness (QED) is 0.762. The first kappa shape index (κ1) is 10.3. The Labute approximate surface area is 79.9 Å². The van der Waals surface area contributed by atoms with Crippen LogP contribution < -0.4 is 5.73 Å². The lowest BCUT2D eigenvalue weighted by Crippen LogP contribution is -2.29. The Morgan fingerprint density at radius 1 is 1.54 bits per heavy atom. The van der Waals surface area contributed by atoms with E-state index in [1.165, 1.54) is 5.69 Å². The minimum absolute atomic E-state index is 0.231. The fourth-order valence-electron chi connectivity index (χ4n) is 1.33. The van der Waals surface area contributed by atoms with E-state index in [9.17, 15) is 0 Å².